The zero-order valence-electron chi connectivity index (χ0n) is 8.26. The van der Waals surface area contributed by atoms with Crippen molar-refractivity contribution in [3.63, 3.8) is 0 Å². The van der Waals surface area contributed by atoms with Gasteiger partial charge in [-0.05, 0) is 12.8 Å². The molecule has 0 unspecified atom stereocenters. The lowest BCUT2D eigenvalue weighted by molar-refractivity contribution is -0.329. The van der Waals surface area contributed by atoms with E-state index in [0.29, 0.717) is 13.1 Å². The zero-order chi connectivity index (χ0) is 11.5. The smallest absolute Gasteiger partial charge is 0.380 e. The molecular weight excluding hydrogens is 211 g/mol. The monoisotopic (exact) mass is 223 g/mol. The van der Waals surface area contributed by atoms with Gasteiger partial charge in [0, 0.05) is 25.4 Å². The Morgan fingerprint density at radius 3 is 2.13 bits per heavy atom. The second kappa shape index (κ2) is 2.66. The Morgan fingerprint density at radius 2 is 1.80 bits per heavy atom. The maximum atomic E-state index is 12.3. The first-order chi connectivity index (χ1) is 6.68. The van der Waals surface area contributed by atoms with Crippen LogP contribution in [0.5, 0.6) is 0 Å². The minimum Gasteiger partial charge on any atom is -0.380 e. The van der Waals surface area contributed by atoms with Crippen molar-refractivity contribution >= 4 is 5.91 Å². The third-order valence-electron chi connectivity index (χ3n) is 3.36. The standard InChI is InChI=1S/C9H12F3NO2/c1-6(14)13-4-7(5-13)2-8(15,3-7)9(10,11)12/h15H,2-5H2,1H3. The first-order valence-corrected chi connectivity index (χ1v) is 4.72. The number of hydrogen-bond donors (Lipinski definition) is 1. The third kappa shape index (κ3) is 1.42. The van der Waals surface area contributed by atoms with Gasteiger partial charge in [0.25, 0.3) is 0 Å². The average molecular weight is 223 g/mol. The molecule has 3 nitrogen and oxygen atoms in total. The van der Waals surface area contributed by atoms with E-state index in [4.69, 9.17) is 0 Å². The quantitative estimate of drug-likeness (QED) is 0.663. The summed E-state index contributed by atoms with van der Waals surface area (Å²) in [5.41, 5.74) is -2.99. The highest BCUT2D eigenvalue weighted by Crippen LogP contribution is 2.59. The molecule has 1 spiro atoms. The number of hydrogen-bond acceptors (Lipinski definition) is 2. The highest BCUT2D eigenvalue weighted by atomic mass is 19.4. The van der Waals surface area contributed by atoms with E-state index in [9.17, 15) is 23.1 Å². The van der Waals surface area contributed by atoms with Crippen LogP contribution in [-0.2, 0) is 4.79 Å². The van der Waals surface area contributed by atoms with E-state index in [-0.39, 0.29) is 18.7 Å². The molecular formula is C9H12F3NO2. The maximum absolute atomic E-state index is 12.3. The predicted molar refractivity (Wildman–Crippen MR) is 44.9 cm³/mol. The second-order valence-corrected chi connectivity index (χ2v) is 4.76. The van der Waals surface area contributed by atoms with Crippen molar-refractivity contribution in [1.29, 1.82) is 0 Å². The van der Waals surface area contributed by atoms with Crippen molar-refractivity contribution in [2.24, 2.45) is 5.41 Å². The van der Waals surface area contributed by atoms with Crippen LogP contribution in [0.1, 0.15) is 19.8 Å². The summed E-state index contributed by atoms with van der Waals surface area (Å²) >= 11 is 0. The van der Waals surface area contributed by atoms with Crippen LogP contribution in [0.15, 0.2) is 0 Å². The molecule has 0 atom stereocenters. The highest BCUT2D eigenvalue weighted by Gasteiger charge is 2.70. The van der Waals surface area contributed by atoms with Crippen LogP contribution in [0.25, 0.3) is 0 Å². The van der Waals surface area contributed by atoms with Gasteiger partial charge in [-0.2, -0.15) is 13.2 Å². The first-order valence-electron chi connectivity index (χ1n) is 4.72. The molecule has 1 saturated heterocycles. The molecule has 1 heterocycles. The molecule has 6 heteroatoms. The summed E-state index contributed by atoms with van der Waals surface area (Å²) in [6, 6.07) is 0. The van der Waals surface area contributed by atoms with E-state index in [1.54, 1.807) is 0 Å². The van der Waals surface area contributed by atoms with Crippen molar-refractivity contribution in [3.05, 3.63) is 0 Å². The summed E-state index contributed by atoms with van der Waals surface area (Å²) in [7, 11) is 0. The average Bonchev–Trinajstić information content (AvgIpc) is 1.90. The van der Waals surface area contributed by atoms with Crippen LogP contribution in [0.3, 0.4) is 0 Å². The maximum Gasteiger partial charge on any atom is 0.417 e. The SMILES string of the molecule is CC(=O)N1CC2(C1)CC(O)(C(F)(F)F)C2. The van der Waals surface area contributed by atoms with Gasteiger partial charge in [-0.3, -0.25) is 4.79 Å². The number of amides is 1. The topological polar surface area (TPSA) is 40.5 Å². The van der Waals surface area contributed by atoms with Gasteiger partial charge in [-0.25, -0.2) is 0 Å². The fourth-order valence-electron chi connectivity index (χ4n) is 2.60. The number of carbonyl (C=O) groups excluding carboxylic acids is 1. The Hall–Kier alpha value is -0.780. The molecule has 0 aromatic carbocycles. The van der Waals surface area contributed by atoms with E-state index in [0.717, 1.165) is 0 Å². The third-order valence-corrected chi connectivity index (χ3v) is 3.36. The summed E-state index contributed by atoms with van der Waals surface area (Å²) < 4.78 is 36.9. The summed E-state index contributed by atoms with van der Waals surface area (Å²) in [4.78, 5) is 12.3. The fourth-order valence-corrected chi connectivity index (χ4v) is 2.60. The van der Waals surface area contributed by atoms with Crippen molar-refractivity contribution in [3.8, 4) is 0 Å². The molecule has 1 aliphatic heterocycles. The molecule has 1 aliphatic carbocycles. The Bertz CT molecular complexity index is 299. The van der Waals surface area contributed by atoms with Gasteiger partial charge in [0.15, 0.2) is 5.60 Å². The van der Waals surface area contributed by atoms with Crippen LogP contribution in [0.4, 0.5) is 13.2 Å². The Kier molecular flexibility index (Phi) is 1.91. The molecule has 0 aromatic rings. The molecule has 0 radical (unpaired) electrons. The van der Waals surface area contributed by atoms with Crippen molar-refractivity contribution in [2.75, 3.05) is 13.1 Å². The molecule has 0 bridgehead atoms. The van der Waals surface area contributed by atoms with E-state index in [1.165, 1.54) is 11.8 Å². The van der Waals surface area contributed by atoms with E-state index < -0.39 is 17.2 Å². The molecule has 0 aromatic heterocycles. The number of carbonyl (C=O) groups is 1. The van der Waals surface area contributed by atoms with Gasteiger partial charge >= 0.3 is 6.18 Å². The van der Waals surface area contributed by atoms with Gasteiger partial charge < -0.3 is 10.0 Å². The first kappa shape index (κ1) is 10.7. The Labute approximate surface area is 84.9 Å². The van der Waals surface area contributed by atoms with E-state index >= 15 is 0 Å². The lowest BCUT2D eigenvalue weighted by Crippen LogP contribution is -2.72. The predicted octanol–water partition coefficient (Wildman–Crippen LogP) is 0.922. The highest BCUT2D eigenvalue weighted by molar-refractivity contribution is 5.74. The van der Waals surface area contributed by atoms with Crippen LogP contribution >= 0.6 is 0 Å². The van der Waals surface area contributed by atoms with Crippen molar-refractivity contribution in [1.82, 2.24) is 4.90 Å². The van der Waals surface area contributed by atoms with E-state index in [2.05, 4.69) is 0 Å². The minimum atomic E-state index is -4.55. The van der Waals surface area contributed by atoms with Gasteiger partial charge in [0.1, 0.15) is 0 Å². The van der Waals surface area contributed by atoms with Crippen LogP contribution in [-0.4, -0.2) is 40.8 Å². The number of aliphatic hydroxyl groups is 1. The minimum absolute atomic E-state index is 0.122. The summed E-state index contributed by atoms with van der Waals surface area (Å²) in [6.07, 6.45) is -5.09. The number of likely N-dealkylation sites (tertiary alicyclic amines) is 1. The molecule has 2 aliphatic rings. The lowest BCUT2D eigenvalue weighted by Gasteiger charge is -2.62. The number of nitrogens with zero attached hydrogens (tertiary/aromatic N) is 1. The lowest BCUT2D eigenvalue weighted by atomic mass is 9.55. The molecule has 1 N–H and O–H groups in total. The summed E-state index contributed by atoms with van der Waals surface area (Å²) in [5, 5.41) is 9.24. The second-order valence-electron chi connectivity index (χ2n) is 4.76. The Morgan fingerprint density at radius 1 is 1.33 bits per heavy atom. The van der Waals surface area contributed by atoms with Crippen LogP contribution < -0.4 is 0 Å². The summed E-state index contributed by atoms with van der Waals surface area (Å²) in [6.45, 7) is 2.09. The largest absolute Gasteiger partial charge is 0.417 e. The van der Waals surface area contributed by atoms with Gasteiger partial charge in [-0.15, -0.1) is 0 Å². The van der Waals surface area contributed by atoms with Crippen molar-refractivity contribution < 1.29 is 23.1 Å². The van der Waals surface area contributed by atoms with Crippen molar-refractivity contribution in [2.45, 2.75) is 31.5 Å². The number of alkyl halides is 3. The normalized spacial score (nSPS) is 27.1. The van der Waals surface area contributed by atoms with Gasteiger partial charge in [0.2, 0.25) is 5.91 Å². The fraction of sp³-hybridized carbons (Fsp3) is 0.889. The molecule has 86 valence electrons. The Balaban J connectivity index is 1.93. The van der Waals surface area contributed by atoms with Crippen LogP contribution in [0.2, 0.25) is 0 Å². The molecule has 1 saturated carbocycles. The molecule has 2 rings (SSSR count). The number of halogens is 3. The van der Waals surface area contributed by atoms with Crippen LogP contribution in [0, 0.1) is 5.41 Å². The van der Waals surface area contributed by atoms with Gasteiger partial charge in [0.05, 0.1) is 0 Å². The molecule has 2 fully saturated rings. The zero-order valence-corrected chi connectivity index (χ0v) is 8.26. The molecule has 1 amide bonds. The van der Waals surface area contributed by atoms with Gasteiger partial charge in [-0.1, -0.05) is 0 Å². The molecule has 15 heavy (non-hydrogen) atoms. The van der Waals surface area contributed by atoms with E-state index in [1.807, 2.05) is 0 Å². The number of rotatable bonds is 0. The summed E-state index contributed by atoms with van der Waals surface area (Å²) in [5.74, 6) is -0.122.